The molecule has 2 aromatic rings. The summed E-state index contributed by atoms with van der Waals surface area (Å²) >= 11 is 8.19. The number of rotatable bonds is 4. The summed E-state index contributed by atoms with van der Waals surface area (Å²) in [7, 11) is 0. The van der Waals surface area contributed by atoms with E-state index in [2.05, 4.69) is 22.6 Å². The van der Waals surface area contributed by atoms with E-state index in [1.54, 1.807) is 12.1 Å². The zero-order valence-corrected chi connectivity index (χ0v) is 12.7. The molecule has 0 aliphatic rings. The van der Waals surface area contributed by atoms with Crippen LogP contribution in [0.15, 0.2) is 42.5 Å². The molecule has 0 bridgehead atoms. The average Bonchev–Trinajstić information content (AvgIpc) is 2.39. The van der Waals surface area contributed by atoms with Crippen LogP contribution in [0.5, 0.6) is 5.75 Å². The Morgan fingerprint density at radius 3 is 2.53 bits per heavy atom. The average molecular weight is 389 g/mol. The lowest BCUT2D eigenvalue weighted by Crippen LogP contribution is -2.04. The van der Waals surface area contributed by atoms with E-state index in [0.29, 0.717) is 5.02 Å². The Kier molecular flexibility index (Phi) is 4.66. The van der Waals surface area contributed by atoms with Crippen LogP contribution in [0.25, 0.3) is 0 Å². The van der Waals surface area contributed by atoms with Gasteiger partial charge >= 0.3 is 5.97 Å². The van der Waals surface area contributed by atoms with Crippen LogP contribution in [-0.2, 0) is 6.61 Å². The second-order valence-electron chi connectivity index (χ2n) is 3.84. The van der Waals surface area contributed by atoms with Crippen LogP contribution in [0.3, 0.4) is 0 Å². The third kappa shape index (κ3) is 3.61. The minimum atomic E-state index is -1.06. The van der Waals surface area contributed by atoms with E-state index in [4.69, 9.17) is 21.4 Å². The molecule has 0 atom stereocenters. The molecule has 0 unspecified atom stereocenters. The second kappa shape index (κ2) is 6.25. The van der Waals surface area contributed by atoms with Gasteiger partial charge in [0.15, 0.2) is 5.75 Å². The molecule has 0 saturated heterocycles. The lowest BCUT2D eigenvalue weighted by molar-refractivity contribution is 0.0692. The summed E-state index contributed by atoms with van der Waals surface area (Å²) in [5, 5.41) is 9.38. The molecule has 0 radical (unpaired) electrons. The summed E-state index contributed by atoms with van der Waals surface area (Å²) < 4.78 is 6.67. The molecule has 19 heavy (non-hydrogen) atoms. The summed E-state index contributed by atoms with van der Waals surface area (Å²) in [5.74, 6) is -0.852. The Labute approximate surface area is 129 Å². The fraction of sp³-hybridized carbons (Fsp3) is 0.0714. The van der Waals surface area contributed by atoms with Gasteiger partial charge in [-0.3, -0.25) is 0 Å². The zero-order valence-electron chi connectivity index (χ0n) is 9.77. The van der Waals surface area contributed by atoms with Crippen molar-refractivity contribution in [3.63, 3.8) is 0 Å². The van der Waals surface area contributed by atoms with Crippen molar-refractivity contribution in [3.8, 4) is 5.75 Å². The van der Waals surface area contributed by atoms with Crippen LogP contribution >= 0.6 is 34.2 Å². The predicted octanol–water partition coefficient (Wildman–Crippen LogP) is 4.22. The minimum absolute atomic E-state index is 0.0676. The molecule has 98 valence electrons. The third-order valence-corrected chi connectivity index (χ3v) is 3.51. The minimum Gasteiger partial charge on any atom is -0.486 e. The van der Waals surface area contributed by atoms with Crippen molar-refractivity contribution < 1.29 is 14.6 Å². The molecule has 2 rings (SSSR count). The standard InChI is InChI=1S/C14H10ClIO3/c15-12-3-1-2-11(14(17)18)13(12)19-8-9-4-6-10(16)7-5-9/h1-7H,8H2,(H,17,18). The molecule has 2 aromatic carbocycles. The quantitative estimate of drug-likeness (QED) is 0.798. The molecule has 0 spiro atoms. The van der Waals surface area contributed by atoms with Crippen molar-refractivity contribution in [1.82, 2.24) is 0 Å². The van der Waals surface area contributed by atoms with Crippen molar-refractivity contribution >= 4 is 40.2 Å². The second-order valence-corrected chi connectivity index (χ2v) is 5.49. The number of benzene rings is 2. The number of carbonyl (C=O) groups is 1. The highest BCUT2D eigenvalue weighted by atomic mass is 127. The molecule has 0 saturated carbocycles. The van der Waals surface area contributed by atoms with Crippen LogP contribution in [0, 0.1) is 3.57 Å². The van der Waals surface area contributed by atoms with E-state index in [1.807, 2.05) is 24.3 Å². The largest absolute Gasteiger partial charge is 0.486 e. The summed E-state index contributed by atoms with van der Waals surface area (Å²) in [5.41, 5.74) is 1.02. The molecule has 5 heteroatoms. The fourth-order valence-corrected chi connectivity index (χ4v) is 2.15. The molecule has 0 aliphatic carbocycles. The number of halogens is 2. The highest BCUT2D eigenvalue weighted by Crippen LogP contribution is 2.29. The third-order valence-electron chi connectivity index (χ3n) is 2.49. The number of carboxylic acid groups (broad SMARTS) is 1. The van der Waals surface area contributed by atoms with Crippen LogP contribution in [0.4, 0.5) is 0 Å². The normalized spacial score (nSPS) is 10.2. The van der Waals surface area contributed by atoms with Gasteiger partial charge in [0.25, 0.3) is 0 Å². The van der Waals surface area contributed by atoms with Crippen molar-refractivity contribution in [2.75, 3.05) is 0 Å². The first kappa shape index (κ1) is 14.1. The van der Waals surface area contributed by atoms with Crippen LogP contribution in [0.2, 0.25) is 5.02 Å². The lowest BCUT2D eigenvalue weighted by atomic mass is 10.2. The van der Waals surface area contributed by atoms with E-state index in [1.165, 1.54) is 6.07 Å². The fourth-order valence-electron chi connectivity index (χ4n) is 1.56. The Morgan fingerprint density at radius 2 is 1.89 bits per heavy atom. The van der Waals surface area contributed by atoms with E-state index < -0.39 is 5.97 Å². The predicted molar refractivity (Wildman–Crippen MR) is 81.9 cm³/mol. The van der Waals surface area contributed by atoms with Crippen LogP contribution in [-0.4, -0.2) is 11.1 Å². The summed E-state index contributed by atoms with van der Waals surface area (Å²) in [6, 6.07) is 12.4. The van der Waals surface area contributed by atoms with Crippen molar-refractivity contribution in [2.45, 2.75) is 6.61 Å². The molecule has 3 nitrogen and oxygen atoms in total. The SMILES string of the molecule is O=C(O)c1cccc(Cl)c1OCc1ccc(I)cc1. The zero-order chi connectivity index (χ0) is 13.8. The maximum Gasteiger partial charge on any atom is 0.339 e. The number of carboxylic acids is 1. The van der Waals surface area contributed by atoms with Crippen molar-refractivity contribution in [2.24, 2.45) is 0 Å². The van der Waals surface area contributed by atoms with Crippen molar-refractivity contribution in [1.29, 1.82) is 0 Å². The molecule has 0 aromatic heterocycles. The van der Waals surface area contributed by atoms with Gasteiger partial charge in [-0.25, -0.2) is 4.79 Å². The van der Waals surface area contributed by atoms with E-state index in [9.17, 15) is 4.79 Å². The van der Waals surface area contributed by atoms with Gasteiger partial charge in [-0.2, -0.15) is 0 Å². The van der Waals surface area contributed by atoms with Gasteiger partial charge in [0, 0.05) is 3.57 Å². The molecule has 0 aliphatic heterocycles. The monoisotopic (exact) mass is 388 g/mol. The smallest absolute Gasteiger partial charge is 0.339 e. The van der Waals surface area contributed by atoms with Gasteiger partial charge in [0.2, 0.25) is 0 Å². The number of hydrogen-bond acceptors (Lipinski definition) is 2. The highest BCUT2D eigenvalue weighted by molar-refractivity contribution is 14.1. The van der Waals surface area contributed by atoms with E-state index in [0.717, 1.165) is 9.13 Å². The maximum absolute atomic E-state index is 11.1. The maximum atomic E-state index is 11.1. The first-order valence-corrected chi connectivity index (χ1v) is 6.92. The van der Waals surface area contributed by atoms with Gasteiger partial charge in [0.1, 0.15) is 12.2 Å². The van der Waals surface area contributed by atoms with Gasteiger partial charge in [-0.15, -0.1) is 0 Å². The van der Waals surface area contributed by atoms with Crippen LogP contribution < -0.4 is 4.74 Å². The van der Waals surface area contributed by atoms with E-state index >= 15 is 0 Å². The highest BCUT2D eigenvalue weighted by Gasteiger charge is 2.14. The molecule has 0 fully saturated rings. The Morgan fingerprint density at radius 1 is 1.21 bits per heavy atom. The first-order valence-electron chi connectivity index (χ1n) is 5.47. The van der Waals surface area contributed by atoms with Gasteiger partial charge in [-0.05, 0) is 52.4 Å². The number of para-hydroxylation sites is 1. The van der Waals surface area contributed by atoms with Gasteiger partial charge in [-0.1, -0.05) is 29.8 Å². The Balaban J connectivity index is 2.19. The molecule has 0 amide bonds. The lowest BCUT2D eigenvalue weighted by Gasteiger charge is -2.10. The van der Waals surface area contributed by atoms with Crippen LogP contribution in [0.1, 0.15) is 15.9 Å². The summed E-state index contributed by atoms with van der Waals surface area (Å²) in [4.78, 5) is 11.1. The molecular weight excluding hydrogens is 379 g/mol. The first-order chi connectivity index (χ1) is 9.08. The molecular formula is C14H10ClIO3. The molecule has 1 N–H and O–H groups in total. The van der Waals surface area contributed by atoms with Gasteiger partial charge in [0.05, 0.1) is 5.02 Å². The number of aromatic carboxylic acids is 1. The number of ether oxygens (including phenoxy) is 1. The number of hydrogen-bond donors (Lipinski definition) is 1. The summed E-state index contributed by atoms with van der Waals surface area (Å²) in [6.45, 7) is 0.279. The Hall–Kier alpha value is -1.27. The van der Waals surface area contributed by atoms with Gasteiger partial charge < -0.3 is 9.84 Å². The van der Waals surface area contributed by atoms with Crippen molar-refractivity contribution in [3.05, 3.63) is 62.2 Å². The Bertz CT molecular complexity index is 596. The molecule has 0 heterocycles. The topological polar surface area (TPSA) is 46.5 Å². The van der Waals surface area contributed by atoms with E-state index in [-0.39, 0.29) is 17.9 Å². The summed E-state index contributed by atoms with van der Waals surface area (Å²) in [6.07, 6.45) is 0.